The lowest BCUT2D eigenvalue weighted by atomic mass is 10.0. The Hall–Kier alpha value is -2.73. The van der Waals surface area contributed by atoms with Crippen LogP contribution in [-0.4, -0.2) is 29.5 Å². The molecule has 0 aliphatic carbocycles. The zero-order chi connectivity index (χ0) is 29.7. The minimum absolute atomic E-state index is 0.0783. The Morgan fingerprint density at radius 3 is 2.15 bits per heavy atom. The van der Waals surface area contributed by atoms with Gasteiger partial charge in [0, 0.05) is 11.8 Å². The van der Waals surface area contributed by atoms with Crippen molar-refractivity contribution in [3.8, 4) is 0 Å². The summed E-state index contributed by atoms with van der Waals surface area (Å²) in [4.78, 5) is 25.9. The maximum atomic E-state index is 12.6. The highest BCUT2D eigenvalue weighted by atomic mass is 32.2. The molecule has 0 spiro atoms. The summed E-state index contributed by atoms with van der Waals surface area (Å²) in [5, 5.41) is 2.82. The third-order valence-corrected chi connectivity index (χ3v) is 8.35. The molecule has 0 saturated carbocycles. The van der Waals surface area contributed by atoms with E-state index in [0.717, 1.165) is 23.3 Å². The number of hydrogen-bond donors (Lipinski definition) is 1. The molecule has 0 aromatic heterocycles. The summed E-state index contributed by atoms with van der Waals surface area (Å²) in [6.45, 7) is 7.79. The van der Waals surface area contributed by atoms with E-state index in [1.165, 1.54) is 70.3 Å². The maximum absolute atomic E-state index is 12.6. The molecule has 1 amide bonds. The van der Waals surface area contributed by atoms with Crippen LogP contribution in [0.5, 0.6) is 0 Å². The third-order valence-electron chi connectivity index (χ3n) is 7.04. The molecule has 2 aromatic carbocycles. The normalized spacial score (nSPS) is 13.5. The second kappa shape index (κ2) is 21.0. The lowest BCUT2D eigenvalue weighted by Gasteiger charge is -2.31. The molecule has 0 radical (unpaired) electrons. The van der Waals surface area contributed by atoms with Gasteiger partial charge in [-0.1, -0.05) is 118 Å². The summed E-state index contributed by atoms with van der Waals surface area (Å²) in [6.07, 6.45) is 17.0. The van der Waals surface area contributed by atoms with Crippen LogP contribution in [0.15, 0.2) is 71.6 Å². The number of aryl methyl sites for hydroxylation is 1. The number of rotatable bonds is 20. The molecule has 0 aliphatic rings. The van der Waals surface area contributed by atoms with Crippen LogP contribution in [0.3, 0.4) is 0 Å². The Kier molecular flexibility index (Phi) is 17.7. The summed E-state index contributed by atoms with van der Waals surface area (Å²) >= 11 is 1.68. The first-order chi connectivity index (χ1) is 19.9. The van der Waals surface area contributed by atoms with E-state index < -0.39 is 18.2 Å². The zero-order valence-electron chi connectivity index (χ0n) is 25.6. The van der Waals surface area contributed by atoms with Gasteiger partial charge in [0.1, 0.15) is 12.7 Å². The number of carbonyl (C=O) groups is 2. The van der Waals surface area contributed by atoms with Gasteiger partial charge in [0.15, 0.2) is 0 Å². The Morgan fingerprint density at radius 2 is 1.51 bits per heavy atom. The molecule has 1 N–H and O–H groups in total. The number of thioether (sulfide) groups is 1. The highest BCUT2D eigenvalue weighted by Crippen LogP contribution is 2.31. The number of benzene rings is 2. The fraction of sp³-hybridized carbons (Fsp3) is 0.543. The zero-order valence-corrected chi connectivity index (χ0v) is 26.4. The van der Waals surface area contributed by atoms with Gasteiger partial charge in [-0.15, -0.1) is 11.8 Å². The third kappa shape index (κ3) is 15.7. The maximum Gasteiger partial charge on any atom is 0.407 e. The molecule has 226 valence electrons. The van der Waals surface area contributed by atoms with Crippen LogP contribution >= 0.6 is 11.8 Å². The molecule has 0 bridgehead atoms. The van der Waals surface area contributed by atoms with Gasteiger partial charge >= 0.3 is 12.1 Å². The molecule has 0 unspecified atom stereocenters. The summed E-state index contributed by atoms with van der Waals surface area (Å²) in [5.41, 5.74) is 2.11. The van der Waals surface area contributed by atoms with Crippen LogP contribution in [0.1, 0.15) is 103 Å². The predicted molar refractivity (Wildman–Crippen MR) is 171 cm³/mol. The van der Waals surface area contributed by atoms with Crippen molar-refractivity contribution in [2.45, 2.75) is 127 Å². The van der Waals surface area contributed by atoms with Gasteiger partial charge in [0.2, 0.25) is 0 Å². The number of ether oxygens (including phenoxy) is 2. The lowest BCUT2D eigenvalue weighted by molar-refractivity contribution is -0.147. The van der Waals surface area contributed by atoms with Crippen molar-refractivity contribution in [3.63, 3.8) is 0 Å². The summed E-state index contributed by atoms with van der Waals surface area (Å²) < 4.78 is 11.3. The van der Waals surface area contributed by atoms with Crippen LogP contribution in [0.2, 0.25) is 0 Å². The standard InChI is InChI=1S/C35H51NO4S/c1-5-6-7-8-9-10-11-12-13-14-15-19-22-33(41-32-25-23-28(2)24-26-32)34(40-30(4)37)29(3)36-35(38)39-27-31-20-17-16-18-21-31/h15-21,23-26,29,33-34H,5-14,22,27H2,1-4H3,(H,36,38)/b19-15-/t29-,33+,34+/m1/s1. The van der Waals surface area contributed by atoms with E-state index in [9.17, 15) is 9.59 Å². The van der Waals surface area contributed by atoms with Gasteiger partial charge < -0.3 is 14.8 Å². The average molecular weight is 582 g/mol. The van der Waals surface area contributed by atoms with Crippen molar-refractivity contribution in [1.82, 2.24) is 5.32 Å². The van der Waals surface area contributed by atoms with Gasteiger partial charge in [0.25, 0.3) is 0 Å². The van der Waals surface area contributed by atoms with E-state index in [-0.39, 0.29) is 17.8 Å². The number of esters is 1. The van der Waals surface area contributed by atoms with E-state index >= 15 is 0 Å². The first-order valence-electron chi connectivity index (χ1n) is 15.4. The molecule has 2 rings (SSSR count). The second-order valence-corrected chi connectivity index (χ2v) is 12.2. The number of amides is 1. The molecule has 41 heavy (non-hydrogen) atoms. The molecule has 2 aromatic rings. The minimum atomic E-state index is -0.529. The van der Waals surface area contributed by atoms with Crippen molar-refractivity contribution >= 4 is 23.8 Å². The molecule has 6 heteroatoms. The SMILES string of the molecule is CCCCCCCCCCC/C=C\C[C@H](Sc1ccc(C)cc1)[C@@H](OC(C)=O)[C@@H](C)NC(=O)OCc1ccccc1. The number of nitrogens with one attached hydrogen (secondary N) is 1. The first-order valence-corrected chi connectivity index (χ1v) is 16.3. The van der Waals surface area contributed by atoms with Crippen LogP contribution in [0.4, 0.5) is 4.79 Å². The molecular formula is C35H51NO4S. The van der Waals surface area contributed by atoms with Crippen molar-refractivity contribution in [1.29, 1.82) is 0 Å². The summed E-state index contributed by atoms with van der Waals surface area (Å²) in [7, 11) is 0. The van der Waals surface area contributed by atoms with Crippen LogP contribution in [0.25, 0.3) is 0 Å². The Labute approximate surface area is 252 Å². The van der Waals surface area contributed by atoms with Gasteiger partial charge in [-0.3, -0.25) is 4.79 Å². The predicted octanol–water partition coefficient (Wildman–Crippen LogP) is 9.57. The van der Waals surface area contributed by atoms with Crippen molar-refractivity contribution in [2.75, 3.05) is 0 Å². The van der Waals surface area contributed by atoms with Crippen LogP contribution < -0.4 is 5.32 Å². The lowest BCUT2D eigenvalue weighted by Crippen LogP contribution is -2.48. The number of unbranched alkanes of at least 4 members (excludes halogenated alkanes) is 9. The second-order valence-electron chi connectivity index (χ2n) is 10.9. The smallest absolute Gasteiger partial charge is 0.407 e. The minimum Gasteiger partial charge on any atom is -0.459 e. The number of carbonyl (C=O) groups excluding carboxylic acids is 2. The average Bonchev–Trinajstić information content (AvgIpc) is 2.96. The highest BCUT2D eigenvalue weighted by Gasteiger charge is 2.31. The summed E-state index contributed by atoms with van der Waals surface area (Å²) in [6, 6.07) is 17.5. The molecule has 0 saturated heterocycles. The summed E-state index contributed by atoms with van der Waals surface area (Å²) in [5.74, 6) is -0.366. The van der Waals surface area contributed by atoms with Crippen molar-refractivity contribution in [2.24, 2.45) is 0 Å². The van der Waals surface area contributed by atoms with E-state index in [0.29, 0.717) is 0 Å². The molecule has 3 atom stereocenters. The molecular weight excluding hydrogens is 530 g/mol. The molecule has 0 aliphatic heterocycles. The van der Waals surface area contributed by atoms with E-state index in [1.807, 2.05) is 37.3 Å². The molecule has 0 fully saturated rings. The van der Waals surface area contributed by atoms with Gasteiger partial charge in [0.05, 0.1) is 11.3 Å². The van der Waals surface area contributed by atoms with Gasteiger partial charge in [-0.05, 0) is 50.8 Å². The number of allylic oxidation sites excluding steroid dienone is 2. The van der Waals surface area contributed by atoms with E-state index in [4.69, 9.17) is 9.47 Å². The Bertz CT molecular complexity index is 1010. The van der Waals surface area contributed by atoms with Gasteiger partial charge in [-0.2, -0.15) is 0 Å². The van der Waals surface area contributed by atoms with E-state index in [2.05, 4.69) is 55.6 Å². The van der Waals surface area contributed by atoms with Crippen LogP contribution in [0, 0.1) is 6.92 Å². The topological polar surface area (TPSA) is 64.6 Å². The highest BCUT2D eigenvalue weighted by molar-refractivity contribution is 8.00. The monoisotopic (exact) mass is 581 g/mol. The fourth-order valence-corrected chi connectivity index (χ4v) is 5.96. The fourth-order valence-electron chi connectivity index (χ4n) is 4.69. The van der Waals surface area contributed by atoms with Crippen molar-refractivity contribution in [3.05, 3.63) is 77.9 Å². The molecule has 5 nitrogen and oxygen atoms in total. The number of alkyl carbamates (subject to hydrolysis) is 1. The Balaban J connectivity index is 1.95. The largest absolute Gasteiger partial charge is 0.459 e. The van der Waals surface area contributed by atoms with Crippen LogP contribution in [-0.2, 0) is 20.9 Å². The first kappa shape index (κ1) is 34.5. The number of hydrogen-bond acceptors (Lipinski definition) is 5. The quantitative estimate of drug-likeness (QED) is 0.0730. The molecule has 0 heterocycles. The van der Waals surface area contributed by atoms with Crippen molar-refractivity contribution < 1.29 is 19.1 Å². The Morgan fingerprint density at radius 1 is 0.878 bits per heavy atom. The van der Waals surface area contributed by atoms with E-state index in [1.54, 1.807) is 11.8 Å². The van der Waals surface area contributed by atoms with Gasteiger partial charge in [-0.25, -0.2) is 4.79 Å².